The monoisotopic (exact) mass is 296 g/mol. The number of nitrogens with zero attached hydrogens (tertiary/aromatic N) is 1. The number of hydrogen-bond acceptors (Lipinski definition) is 4. The van der Waals surface area contributed by atoms with Crippen LogP contribution in [-0.2, 0) is 11.3 Å². The summed E-state index contributed by atoms with van der Waals surface area (Å²) in [5.41, 5.74) is 2.01. The number of ether oxygens (including phenoxy) is 2. The van der Waals surface area contributed by atoms with E-state index in [-0.39, 0.29) is 6.04 Å². The fraction of sp³-hybridized carbons (Fsp3) is 0.278. The van der Waals surface area contributed by atoms with Crippen molar-refractivity contribution in [2.45, 2.75) is 12.6 Å². The molecular weight excluding hydrogens is 276 g/mol. The Hall–Kier alpha value is -2.35. The Labute approximate surface area is 131 Å². The van der Waals surface area contributed by atoms with Crippen molar-refractivity contribution < 1.29 is 9.47 Å². The van der Waals surface area contributed by atoms with Crippen molar-refractivity contribution in [3.63, 3.8) is 0 Å². The number of nitrogens with one attached hydrogen (secondary N) is 1. The first-order valence-electron chi connectivity index (χ1n) is 7.22. The van der Waals surface area contributed by atoms with Gasteiger partial charge in [0, 0.05) is 13.7 Å². The van der Waals surface area contributed by atoms with Gasteiger partial charge in [-0.2, -0.15) is 5.26 Å². The van der Waals surface area contributed by atoms with Crippen molar-refractivity contribution in [2.24, 2.45) is 0 Å². The van der Waals surface area contributed by atoms with Crippen LogP contribution in [0.3, 0.4) is 0 Å². The van der Waals surface area contributed by atoms with Gasteiger partial charge in [0.2, 0.25) is 0 Å². The Bertz CT molecular complexity index is 608. The number of hydrogen-bond donors (Lipinski definition) is 1. The molecule has 1 atom stereocenters. The van der Waals surface area contributed by atoms with Crippen LogP contribution < -0.4 is 10.1 Å². The van der Waals surface area contributed by atoms with Gasteiger partial charge in [-0.15, -0.1) is 0 Å². The molecule has 0 aliphatic rings. The number of benzene rings is 2. The highest BCUT2D eigenvalue weighted by Crippen LogP contribution is 2.20. The Kier molecular flexibility index (Phi) is 6.43. The average molecular weight is 296 g/mol. The van der Waals surface area contributed by atoms with Gasteiger partial charge in [0.15, 0.2) is 0 Å². The molecule has 0 saturated heterocycles. The van der Waals surface area contributed by atoms with E-state index in [9.17, 15) is 5.26 Å². The second kappa shape index (κ2) is 8.83. The zero-order chi connectivity index (χ0) is 15.6. The van der Waals surface area contributed by atoms with E-state index in [2.05, 4.69) is 11.4 Å². The lowest BCUT2D eigenvalue weighted by Crippen LogP contribution is -2.23. The molecule has 0 radical (unpaired) electrons. The third kappa shape index (κ3) is 4.88. The van der Waals surface area contributed by atoms with Crippen LogP contribution in [0.25, 0.3) is 0 Å². The summed E-state index contributed by atoms with van der Waals surface area (Å²) >= 11 is 0. The van der Waals surface area contributed by atoms with Crippen LogP contribution in [0.1, 0.15) is 17.2 Å². The van der Waals surface area contributed by atoms with E-state index in [4.69, 9.17) is 9.47 Å². The van der Waals surface area contributed by atoms with E-state index in [1.807, 2.05) is 54.6 Å². The second-order valence-corrected chi connectivity index (χ2v) is 4.86. The largest absolute Gasteiger partial charge is 0.489 e. The Morgan fingerprint density at radius 3 is 2.68 bits per heavy atom. The fourth-order valence-corrected chi connectivity index (χ4v) is 2.07. The summed E-state index contributed by atoms with van der Waals surface area (Å²) < 4.78 is 10.8. The third-order valence-electron chi connectivity index (χ3n) is 3.22. The highest BCUT2D eigenvalue weighted by atomic mass is 16.5. The van der Waals surface area contributed by atoms with Gasteiger partial charge in [0.25, 0.3) is 0 Å². The summed E-state index contributed by atoms with van der Waals surface area (Å²) in [5, 5.41) is 12.4. The molecule has 2 aromatic carbocycles. The number of rotatable bonds is 8. The molecule has 0 aliphatic heterocycles. The molecule has 114 valence electrons. The molecule has 0 aliphatic carbocycles. The maximum atomic E-state index is 9.28. The predicted octanol–water partition coefficient (Wildman–Crippen LogP) is 3.07. The topological polar surface area (TPSA) is 54.3 Å². The molecule has 1 N–H and O–H groups in total. The van der Waals surface area contributed by atoms with E-state index in [1.165, 1.54) is 0 Å². The second-order valence-electron chi connectivity index (χ2n) is 4.86. The van der Waals surface area contributed by atoms with E-state index in [0.29, 0.717) is 19.8 Å². The molecule has 0 aromatic heterocycles. The zero-order valence-electron chi connectivity index (χ0n) is 12.7. The molecule has 2 rings (SSSR count). The van der Waals surface area contributed by atoms with Crippen LogP contribution in [0.2, 0.25) is 0 Å². The molecule has 0 amide bonds. The van der Waals surface area contributed by atoms with Crippen LogP contribution in [0.15, 0.2) is 54.6 Å². The van der Waals surface area contributed by atoms with Crippen LogP contribution in [0, 0.1) is 11.3 Å². The van der Waals surface area contributed by atoms with E-state index < -0.39 is 0 Å². The molecule has 0 bridgehead atoms. The van der Waals surface area contributed by atoms with Gasteiger partial charge >= 0.3 is 0 Å². The highest BCUT2D eigenvalue weighted by molar-refractivity contribution is 5.33. The maximum Gasteiger partial charge on any atom is 0.121 e. The van der Waals surface area contributed by atoms with Crippen molar-refractivity contribution in [1.29, 1.82) is 5.26 Å². The number of nitriles is 1. The predicted molar refractivity (Wildman–Crippen MR) is 85.4 cm³/mol. The van der Waals surface area contributed by atoms with Gasteiger partial charge in [0.1, 0.15) is 18.4 Å². The van der Waals surface area contributed by atoms with Gasteiger partial charge < -0.3 is 9.47 Å². The molecule has 0 heterocycles. The molecule has 4 nitrogen and oxygen atoms in total. The summed E-state index contributed by atoms with van der Waals surface area (Å²) in [6.45, 7) is 1.71. The number of methoxy groups -OCH3 is 1. The normalized spacial score (nSPS) is 11.6. The lowest BCUT2D eigenvalue weighted by Gasteiger charge is -2.13. The van der Waals surface area contributed by atoms with Gasteiger partial charge in [-0.05, 0) is 23.3 Å². The van der Waals surface area contributed by atoms with Crippen molar-refractivity contribution in [1.82, 2.24) is 5.32 Å². The van der Waals surface area contributed by atoms with Crippen molar-refractivity contribution >= 4 is 0 Å². The molecule has 2 aromatic rings. The lowest BCUT2D eigenvalue weighted by atomic mass is 10.1. The zero-order valence-corrected chi connectivity index (χ0v) is 12.7. The summed E-state index contributed by atoms with van der Waals surface area (Å²) in [6.07, 6.45) is 0. The van der Waals surface area contributed by atoms with Gasteiger partial charge in [0.05, 0.1) is 12.7 Å². The third-order valence-corrected chi connectivity index (χ3v) is 3.22. The smallest absolute Gasteiger partial charge is 0.121 e. The molecule has 0 saturated carbocycles. The average Bonchev–Trinajstić information content (AvgIpc) is 2.58. The summed E-state index contributed by atoms with van der Waals surface area (Å²) in [7, 11) is 1.64. The molecule has 1 unspecified atom stereocenters. The highest BCUT2D eigenvalue weighted by Gasteiger charge is 2.10. The van der Waals surface area contributed by atoms with Gasteiger partial charge in [-0.25, -0.2) is 0 Å². The molecule has 0 fully saturated rings. The van der Waals surface area contributed by atoms with Crippen LogP contribution in [-0.4, -0.2) is 20.3 Å². The van der Waals surface area contributed by atoms with E-state index >= 15 is 0 Å². The summed E-state index contributed by atoms with van der Waals surface area (Å²) in [4.78, 5) is 0. The van der Waals surface area contributed by atoms with E-state index in [1.54, 1.807) is 7.11 Å². The van der Waals surface area contributed by atoms with Crippen LogP contribution in [0.4, 0.5) is 0 Å². The quantitative estimate of drug-likeness (QED) is 0.761. The molecule has 4 heteroatoms. The Morgan fingerprint density at radius 1 is 1.14 bits per heavy atom. The SMILES string of the molecule is COCCNC(C#N)c1cccc(OCc2ccccc2)c1. The standard InChI is InChI=1S/C18H20N2O2/c1-21-11-10-20-18(13-19)16-8-5-9-17(12-16)22-14-15-6-3-2-4-7-15/h2-9,12,18,20H,10-11,14H2,1H3. The molecule has 0 spiro atoms. The Morgan fingerprint density at radius 2 is 1.95 bits per heavy atom. The molecule has 22 heavy (non-hydrogen) atoms. The fourth-order valence-electron chi connectivity index (χ4n) is 2.07. The maximum absolute atomic E-state index is 9.28. The molecular formula is C18H20N2O2. The summed E-state index contributed by atoms with van der Waals surface area (Å²) in [6, 6.07) is 19.5. The summed E-state index contributed by atoms with van der Waals surface area (Å²) in [5.74, 6) is 0.759. The first-order valence-corrected chi connectivity index (χ1v) is 7.22. The minimum absolute atomic E-state index is 0.365. The van der Waals surface area contributed by atoms with Crippen LogP contribution >= 0.6 is 0 Å². The van der Waals surface area contributed by atoms with Crippen molar-refractivity contribution in [2.75, 3.05) is 20.3 Å². The van der Waals surface area contributed by atoms with Gasteiger partial charge in [-0.1, -0.05) is 42.5 Å². The van der Waals surface area contributed by atoms with Crippen molar-refractivity contribution in [3.8, 4) is 11.8 Å². The van der Waals surface area contributed by atoms with Crippen molar-refractivity contribution in [3.05, 3.63) is 65.7 Å². The Balaban J connectivity index is 1.98. The van der Waals surface area contributed by atoms with Crippen LogP contribution in [0.5, 0.6) is 5.75 Å². The first kappa shape index (κ1) is 16.0. The minimum Gasteiger partial charge on any atom is -0.489 e. The minimum atomic E-state index is -0.365. The van der Waals surface area contributed by atoms with Gasteiger partial charge in [-0.3, -0.25) is 5.32 Å². The van der Waals surface area contributed by atoms with E-state index in [0.717, 1.165) is 16.9 Å². The lowest BCUT2D eigenvalue weighted by molar-refractivity contribution is 0.198. The first-order chi connectivity index (χ1) is 10.8.